The predicted octanol–water partition coefficient (Wildman–Crippen LogP) is 5.85. The van der Waals surface area contributed by atoms with Gasteiger partial charge in [0.05, 0.1) is 19.0 Å². The molecule has 0 heterocycles. The maximum Gasteiger partial charge on any atom is 0.264 e. The van der Waals surface area contributed by atoms with Gasteiger partial charge >= 0.3 is 0 Å². The van der Waals surface area contributed by atoms with Crippen molar-refractivity contribution < 1.29 is 21.8 Å². The molecule has 1 N–H and O–H groups in total. The monoisotopic (exact) mass is 485 g/mol. The Labute approximate surface area is 196 Å². The third-order valence-electron chi connectivity index (χ3n) is 5.94. The summed E-state index contributed by atoms with van der Waals surface area (Å²) in [4.78, 5) is 12.5. The lowest BCUT2D eigenvalue weighted by Gasteiger charge is -2.37. The van der Waals surface area contributed by atoms with E-state index >= 15 is 0 Å². The van der Waals surface area contributed by atoms with Gasteiger partial charge in [-0.1, -0.05) is 66.2 Å². The molecule has 0 bridgehead atoms. The van der Waals surface area contributed by atoms with Crippen molar-refractivity contribution in [3.05, 3.63) is 29.8 Å². The molecule has 1 aromatic rings. The highest BCUT2D eigenvalue weighted by atomic mass is 32.2. The number of carbonyl (C=O) groups is 1. The van der Waals surface area contributed by atoms with Crippen molar-refractivity contribution in [2.45, 2.75) is 96.9 Å². The van der Waals surface area contributed by atoms with E-state index in [1.165, 1.54) is 0 Å². The smallest absolute Gasteiger partial charge is 0.264 e. The van der Waals surface area contributed by atoms with Crippen LogP contribution in [-0.2, 0) is 28.9 Å². The van der Waals surface area contributed by atoms with E-state index in [4.69, 9.17) is 8.61 Å². The molecule has 0 aliphatic rings. The number of rotatable bonds is 11. The Kier molecular flexibility index (Phi) is 10.1. The highest BCUT2D eigenvalue weighted by molar-refractivity contribution is 7.86. The molecule has 1 amide bonds. The van der Waals surface area contributed by atoms with E-state index in [1.54, 1.807) is 0 Å². The van der Waals surface area contributed by atoms with Crippen LogP contribution >= 0.6 is 0 Å². The molecule has 0 radical (unpaired) electrons. The number of para-hydroxylation sites is 1. The standard InChI is InChI=1S/C24H43NO5SSi/c1-23(2,3)20-15-11-12-16-21(20)25-22(26)17-13-10-14-19(30-31(7,27)28)18-29-32(8,9)24(4,5)6/h11-12,15-16,19H,10,13-14,17-18H2,1-9H3,(H,25,26). The molecule has 1 rings (SSSR count). The summed E-state index contributed by atoms with van der Waals surface area (Å²) in [6, 6.07) is 7.85. The van der Waals surface area contributed by atoms with Crippen molar-refractivity contribution in [3.63, 3.8) is 0 Å². The summed E-state index contributed by atoms with van der Waals surface area (Å²) in [6.07, 6.45) is 2.74. The maximum atomic E-state index is 12.5. The van der Waals surface area contributed by atoms with E-state index in [2.05, 4.69) is 60.0 Å². The maximum absolute atomic E-state index is 12.5. The van der Waals surface area contributed by atoms with Crippen LogP contribution in [-0.4, -0.2) is 41.6 Å². The Morgan fingerprint density at radius 3 is 2.19 bits per heavy atom. The van der Waals surface area contributed by atoms with Gasteiger partial charge in [-0.05, 0) is 48.0 Å². The zero-order valence-corrected chi connectivity index (χ0v) is 23.2. The zero-order valence-electron chi connectivity index (χ0n) is 21.4. The van der Waals surface area contributed by atoms with E-state index in [0.717, 1.165) is 17.5 Å². The molecule has 0 aliphatic heterocycles. The Morgan fingerprint density at radius 2 is 1.66 bits per heavy atom. The summed E-state index contributed by atoms with van der Waals surface area (Å²) in [5.41, 5.74) is 1.87. The fourth-order valence-corrected chi connectivity index (χ4v) is 4.72. The summed E-state index contributed by atoms with van der Waals surface area (Å²) >= 11 is 0. The average Bonchev–Trinajstić information content (AvgIpc) is 2.60. The Bertz CT molecular complexity index is 854. The Morgan fingerprint density at radius 1 is 1.06 bits per heavy atom. The van der Waals surface area contributed by atoms with Crippen molar-refractivity contribution in [3.8, 4) is 0 Å². The second-order valence-electron chi connectivity index (χ2n) is 11.1. The molecular weight excluding hydrogens is 442 g/mol. The molecule has 1 unspecified atom stereocenters. The first-order valence-electron chi connectivity index (χ1n) is 11.3. The van der Waals surface area contributed by atoms with Gasteiger partial charge < -0.3 is 9.74 Å². The summed E-state index contributed by atoms with van der Waals surface area (Å²) in [5.74, 6) is -0.0418. The van der Waals surface area contributed by atoms with Gasteiger partial charge in [-0.25, -0.2) is 0 Å². The molecule has 0 fully saturated rings. The van der Waals surface area contributed by atoms with Crippen LogP contribution in [0.3, 0.4) is 0 Å². The first kappa shape index (κ1) is 28.8. The minimum Gasteiger partial charge on any atom is -0.414 e. The third kappa shape index (κ3) is 10.1. The van der Waals surface area contributed by atoms with Gasteiger partial charge in [-0.15, -0.1) is 0 Å². The predicted molar refractivity (Wildman–Crippen MR) is 135 cm³/mol. The number of unbranched alkanes of at least 4 members (excludes halogenated alkanes) is 1. The number of nitrogens with one attached hydrogen (secondary N) is 1. The molecule has 0 saturated heterocycles. The third-order valence-corrected chi connectivity index (χ3v) is 11.1. The normalized spacial score (nSPS) is 14.3. The van der Waals surface area contributed by atoms with Gasteiger partial charge in [0.2, 0.25) is 5.91 Å². The first-order chi connectivity index (χ1) is 14.4. The topological polar surface area (TPSA) is 81.7 Å². The molecule has 0 saturated carbocycles. The minimum absolute atomic E-state index is 0.0318. The zero-order chi connectivity index (χ0) is 24.8. The van der Waals surface area contributed by atoms with Crippen LogP contribution in [0.2, 0.25) is 18.1 Å². The lowest BCUT2D eigenvalue weighted by molar-refractivity contribution is -0.116. The average molecular weight is 486 g/mol. The molecule has 184 valence electrons. The second-order valence-corrected chi connectivity index (χ2v) is 17.5. The fourth-order valence-electron chi connectivity index (χ4n) is 3.04. The number of hydrogen-bond donors (Lipinski definition) is 1. The van der Waals surface area contributed by atoms with Gasteiger partial charge in [0.15, 0.2) is 8.32 Å². The quantitative estimate of drug-likeness (QED) is 0.241. The highest BCUT2D eigenvalue weighted by Gasteiger charge is 2.37. The van der Waals surface area contributed by atoms with Crippen molar-refractivity contribution in [1.82, 2.24) is 0 Å². The van der Waals surface area contributed by atoms with E-state index < -0.39 is 24.5 Å². The summed E-state index contributed by atoms with van der Waals surface area (Å²) < 4.78 is 34.8. The second kappa shape index (κ2) is 11.3. The SMILES string of the molecule is CC(C)(C)c1ccccc1NC(=O)CCCCC(CO[Si](C)(C)C(C)(C)C)OS(C)(=O)=O. The van der Waals surface area contributed by atoms with Crippen molar-refractivity contribution in [2.24, 2.45) is 0 Å². The fraction of sp³-hybridized carbons (Fsp3) is 0.708. The molecule has 1 aromatic carbocycles. The molecule has 0 aromatic heterocycles. The van der Waals surface area contributed by atoms with E-state index in [9.17, 15) is 13.2 Å². The summed E-state index contributed by atoms with van der Waals surface area (Å²) in [6.45, 7) is 17.3. The number of benzene rings is 1. The van der Waals surface area contributed by atoms with Crippen LogP contribution in [0.5, 0.6) is 0 Å². The van der Waals surface area contributed by atoms with Crippen LogP contribution in [0, 0.1) is 0 Å². The molecular formula is C24H43NO5SSi. The molecule has 0 spiro atoms. The van der Waals surface area contributed by atoms with Gasteiger partial charge in [-0.3, -0.25) is 8.98 Å². The Balaban J connectivity index is 2.61. The van der Waals surface area contributed by atoms with Gasteiger partial charge in [0, 0.05) is 12.1 Å². The van der Waals surface area contributed by atoms with Gasteiger partial charge in [0.25, 0.3) is 10.1 Å². The van der Waals surface area contributed by atoms with Crippen LogP contribution in [0.25, 0.3) is 0 Å². The summed E-state index contributed by atoms with van der Waals surface area (Å²) in [7, 11) is -5.59. The van der Waals surface area contributed by atoms with Crippen LogP contribution < -0.4 is 5.32 Å². The van der Waals surface area contributed by atoms with Gasteiger partial charge in [-0.2, -0.15) is 8.42 Å². The number of anilines is 1. The van der Waals surface area contributed by atoms with Gasteiger partial charge in [0.1, 0.15) is 0 Å². The number of amides is 1. The number of hydrogen-bond acceptors (Lipinski definition) is 5. The van der Waals surface area contributed by atoms with E-state index in [1.807, 2.05) is 24.3 Å². The molecule has 32 heavy (non-hydrogen) atoms. The minimum atomic E-state index is -3.58. The molecule has 1 atom stereocenters. The lowest BCUT2D eigenvalue weighted by Crippen LogP contribution is -2.43. The molecule has 8 heteroatoms. The van der Waals surface area contributed by atoms with Crippen LogP contribution in [0.1, 0.15) is 72.8 Å². The largest absolute Gasteiger partial charge is 0.414 e. The number of carbonyl (C=O) groups excluding carboxylic acids is 1. The molecule has 0 aliphatic carbocycles. The first-order valence-corrected chi connectivity index (χ1v) is 16.1. The van der Waals surface area contributed by atoms with Crippen molar-refractivity contribution >= 4 is 30.0 Å². The summed E-state index contributed by atoms with van der Waals surface area (Å²) in [5, 5.41) is 3.05. The van der Waals surface area contributed by atoms with Crippen LogP contribution in [0.4, 0.5) is 5.69 Å². The van der Waals surface area contributed by atoms with Crippen molar-refractivity contribution in [1.29, 1.82) is 0 Å². The Hall–Kier alpha value is -1.22. The van der Waals surface area contributed by atoms with Crippen LogP contribution in [0.15, 0.2) is 24.3 Å². The van der Waals surface area contributed by atoms with E-state index in [0.29, 0.717) is 25.7 Å². The highest BCUT2D eigenvalue weighted by Crippen LogP contribution is 2.36. The lowest BCUT2D eigenvalue weighted by atomic mass is 9.86. The van der Waals surface area contributed by atoms with Crippen molar-refractivity contribution in [2.75, 3.05) is 18.2 Å². The molecule has 6 nitrogen and oxygen atoms in total. The van der Waals surface area contributed by atoms with E-state index in [-0.39, 0.29) is 23.0 Å².